The van der Waals surface area contributed by atoms with E-state index in [1.54, 1.807) is 13.2 Å². The van der Waals surface area contributed by atoms with Crippen LogP contribution in [0.25, 0.3) is 0 Å². The molecule has 3 aliphatic rings. The van der Waals surface area contributed by atoms with E-state index in [0.29, 0.717) is 44.0 Å². The fraction of sp³-hybridized carbons (Fsp3) is 0.462. The fourth-order valence-electron chi connectivity index (χ4n) is 5.54. The van der Waals surface area contributed by atoms with Gasteiger partial charge in [0.25, 0.3) is 5.91 Å². The summed E-state index contributed by atoms with van der Waals surface area (Å²) in [4.78, 5) is 32.4. The van der Waals surface area contributed by atoms with Crippen molar-refractivity contribution in [2.24, 2.45) is 0 Å². The second-order valence-corrected chi connectivity index (χ2v) is 9.36. The van der Waals surface area contributed by atoms with Gasteiger partial charge in [-0.2, -0.15) is 0 Å². The number of hydrogen-bond acceptors (Lipinski definition) is 5. The number of ether oxygens (including phenoxy) is 1. The average Bonchev–Trinajstić information content (AvgIpc) is 3.26. The highest BCUT2D eigenvalue weighted by molar-refractivity contribution is 5.94. The molecule has 2 saturated heterocycles. The Labute approximate surface area is 195 Å². The van der Waals surface area contributed by atoms with Crippen LogP contribution in [0.5, 0.6) is 5.75 Å². The number of carbonyl (C=O) groups excluding carboxylic acids is 2. The highest BCUT2D eigenvalue weighted by atomic mass is 16.5. The summed E-state index contributed by atoms with van der Waals surface area (Å²) in [5.74, 6) is 0.913. The van der Waals surface area contributed by atoms with Crippen LogP contribution < -0.4 is 10.1 Å². The first-order valence-electron chi connectivity index (χ1n) is 11.9. The van der Waals surface area contributed by atoms with Gasteiger partial charge in [0.05, 0.1) is 19.2 Å². The predicted octanol–water partition coefficient (Wildman–Crippen LogP) is 2.48. The van der Waals surface area contributed by atoms with E-state index in [0.717, 1.165) is 32.4 Å². The van der Waals surface area contributed by atoms with Crippen molar-refractivity contribution < 1.29 is 14.3 Å². The number of piperazine rings is 1. The summed E-state index contributed by atoms with van der Waals surface area (Å²) in [5.41, 5.74) is 3.02. The van der Waals surface area contributed by atoms with Crippen molar-refractivity contribution >= 4 is 17.5 Å². The molecule has 3 aliphatic heterocycles. The van der Waals surface area contributed by atoms with Crippen molar-refractivity contribution in [1.82, 2.24) is 14.7 Å². The normalized spacial score (nSPS) is 22.7. The predicted molar refractivity (Wildman–Crippen MR) is 128 cm³/mol. The number of benzene rings is 2. The third-order valence-electron chi connectivity index (χ3n) is 7.38. The second kappa shape index (κ2) is 9.06. The Hall–Kier alpha value is -3.06. The molecule has 1 spiro atoms. The van der Waals surface area contributed by atoms with E-state index in [4.69, 9.17) is 4.74 Å². The van der Waals surface area contributed by atoms with E-state index in [1.165, 1.54) is 11.3 Å². The SMILES string of the molecule is COc1cccc(C(=O)N2CCN(CC(=O)N3CCCC34CNc3ccccc3C4)CC2)c1. The van der Waals surface area contributed by atoms with Gasteiger partial charge in [-0.05, 0) is 49.1 Å². The highest BCUT2D eigenvalue weighted by Gasteiger charge is 2.45. The van der Waals surface area contributed by atoms with Gasteiger partial charge in [-0.3, -0.25) is 14.5 Å². The Morgan fingerprint density at radius 1 is 1.03 bits per heavy atom. The molecule has 3 heterocycles. The zero-order valence-corrected chi connectivity index (χ0v) is 19.3. The highest BCUT2D eigenvalue weighted by Crippen LogP contribution is 2.38. The number of fused-ring (bicyclic) bond motifs is 1. The molecule has 0 saturated carbocycles. The summed E-state index contributed by atoms with van der Waals surface area (Å²) < 4.78 is 5.24. The monoisotopic (exact) mass is 448 g/mol. The topological polar surface area (TPSA) is 65.1 Å². The number of amides is 2. The summed E-state index contributed by atoms with van der Waals surface area (Å²) >= 11 is 0. The van der Waals surface area contributed by atoms with Gasteiger partial charge in [-0.15, -0.1) is 0 Å². The lowest BCUT2D eigenvalue weighted by Crippen LogP contribution is -2.58. The van der Waals surface area contributed by atoms with Gasteiger partial charge in [0.15, 0.2) is 0 Å². The first-order valence-corrected chi connectivity index (χ1v) is 11.9. The molecule has 7 nitrogen and oxygen atoms in total. The molecule has 0 radical (unpaired) electrons. The molecule has 2 fully saturated rings. The van der Waals surface area contributed by atoms with E-state index >= 15 is 0 Å². The molecular formula is C26H32N4O3. The van der Waals surface area contributed by atoms with Gasteiger partial charge >= 0.3 is 0 Å². The smallest absolute Gasteiger partial charge is 0.254 e. The van der Waals surface area contributed by atoms with Crippen LogP contribution >= 0.6 is 0 Å². The molecule has 1 N–H and O–H groups in total. The number of likely N-dealkylation sites (tertiary alicyclic amines) is 1. The fourth-order valence-corrected chi connectivity index (χ4v) is 5.54. The number of methoxy groups -OCH3 is 1. The minimum absolute atomic E-state index is 0.0188. The lowest BCUT2D eigenvalue weighted by atomic mass is 9.84. The van der Waals surface area contributed by atoms with Crippen LogP contribution in [0.3, 0.4) is 0 Å². The Balaban J connectivity index is 1.18. The number of nitrogens with one attached hydrogen (secondary N) is 1. The molecule has 0 aliphatic carbocycles. The van der Waals surface area contributed by atoms with Crippen LogP contribution in [0.4, 0.5) is 5.69 Å². The summed E-state index contributed by atoms with van der Waals surface area (Å²) in [6.45, 7) is 4.75. The van der Waals surface area contributed by atoms with Crippen LogP contribution in [-0.2, 0) is 11.2 Å². The number of rotatable bonds is 4. The molecule has 0 bridgehead atoms. The summed E-state index contributed by atoms with van der Waals surface area (Å²) in [7, 11) is 1.60. The molecule has 1 unspecified atom stereocenters. The summed E-state index contributed by atoms with van der Waals surface area (Å²) in [6.07, 6.45) is 3.02. The number of anilines is 1. The van der Waals surface area contributed by atoms with Gasteiger partial charge in [-0.25, -0.2) is 0 Å². The lowest BCUT2D eigenvalue weighted by Gasteiger charge is -2.44. The minimum Gasteiger partial charge on any atom is -0.497 e. The molecule has 5 rings (SSSR count). The summed E-state index contributed by atoms with van der Waals surface area (Å²) in [6, 6.07) is 15.7. The van der Waals surface area contributed by atoms with E-state index in [9.17, 15) is 9.59 Å². The van der Waals surface area contributed by atoms with Gasteiger partial charge in [-0.1, -0.05) is 24.3 Å². The molecule has 7 heteroatoms. The number of hydrogen-bond donors (Lipinski definition) is 1. The van der Waals surface area contributed by atoms with Gasteiger partial charge in [0.2, 0.25) is 5.91 Å². The van der Waals surface area contributed by atoms with Crippen molar-refractivity contribution in [3.05, 3.63) is 59.7 Å². The lowest BCUT2D eigenvalue weighted by molar-refractivity contribution is -0.136. The molecule has 0 aromatic heterocycles. The summed E-state index contributed by atoms with van der Waals surface area (Å²) in [5, 5.41) is 3.57. The molecular weight excluding hydrogens is 416 g/mol. The standard InChI is InChI=1S/C26H32N4O3/c1-33-22-8-4-7-20(16-22)25(32)29-14-12-28(13-15-29)18-24(31)30-11-5-10-26(30)17-21-6-2-3-9-23(21)27-19-26/h2-4,6-9,16,27H,5,10-15,17-19H2,1H3. The first-order chi connectivity index (χ1) is 16.1. The molecule has 33 heavy (non-hydrogen) atoms. The van der Waals surface area contributed by atoms with Gasteiger partial charge in [0.1, 0.15) is 5.75 Å². The Bertz CT molecular complexity index is 1030. The third kappa shape index (κ3) is 4.29. The largest absolute Gasteiger partial charge is 0.497 e. The van der Waals surface area contributed by atoms with Crippen molar-refractivity contribution in [2.45, 2.75) is 24.8 Å². The maximum absolute atomic E-state index is 13.4. The van der Waals surface area contributed by atoms with Crippen LogP contribution in [0, 0.1) is 0 Å². The Morgan fingerprint density at radius 2 is 1.85 bits per heavy atom. The maximum Gasteiger partial charge on any atom is 0.254 e. The van der Waals surface area contributed by atoms with E-state index in [1.807, 2.05) is 23.1 Å². The quantitative estimate of drug-likeness (QED) is 0.779. The zero-order valence-electron chi connectivity index (χ0n) is 19.3. The average molecular weight is 449 g/mol. The number of carbonyl (C=O) groups is 2. The van der Waals surface area contributed by atoms with Gasteiger partial charge < -0.3 is 19.9 Å². The van der Waals surface area contributed by atoms with Crippen molar-refractivity contribution in [2.75, 3.05) is 58.2 Å². The minimum atomic E-state index is -0.115. The van der Waals surface area contributed by atoms with Crippen LogP contribution in [0.1, 0.15) is 28.8 Å². The third-order valence-corrected chi connectivity index (χ3v) is 7.38. The van der Waals surface area contributed by atoms with Crippen molar-refractivity contribution in [3.8, 4) is 5.75 Å². The number of nitrogens with zero attached hydrogens (tertiary/aromatic N) is 3. The zero-order chi connectivity index (χ0) is 22.8. The molecule has 1 atom stereocenters. The Morgan fingerprint density at radius 3 is 2.67 bits per heavy atom. The molecule has 2 amide bonds. The molecule has 174 valence electrons. The van der Waals surface area contributed by atoms with Crippen LogP contribution in [0.15, 0.2) is 48.5 Å². The van der Waals surface area contributed by atoms with Crippen LogP contribution in [-0.4, -0.2) is 85.0 Å². The van der Waals surface area contributed by atoms with Gasteiger partial charge in [0, 0.05) is 50.5 Å². The molecule has 2 aromatic carbocycles. The van der Waals surface area contributed by atoms with Crippen molar-refractivity contribution in [3.63, 3.8) is 0 Å². The maximum atomic E-state index is 13.4. The van der Waals surface area contributed by atoms with Crippen LogP contribution in [0.2, 0.25) is 0 Å². The first kappa shape index (κ1) is 21.8. The van der Waals surface area contributed by atoms with E-state index in [2.05, 4.69) is 39.4 Å². The second-order valence-electron chi connectivity index (χ2n) is 9.36. The Kier molecular flexibility index (Phi) is 5.98. The van der Waals surface area contributed by atoms with Crippen molar-refractivity contribution in [1.29, 1.82) is 0 Å². The van der Waals surface area contributed by atoms with E-state index in [-0.39, 0.29) is 17.4 Å². The molecule has 2 aromatic rings. The number of para-hydroxylation sites is 1. The van der Waals surface area contributed by atoms with E-state index < -0.39 is 0 Å².